The molecule has 1 N–H and O–H groups in total. The van der Waals surface area contributed by atoms with E-state index in [1.165, 1.54) is 31.2 Å². The van der Waals surface area contributed by atoms with Crippen molar-refractivity contribution in [2.45, 2.75) is 30.8 Å². The van der Waals surface area contributed by atoms with Gasteiger partial charge in [-0.3, -0.25) is 13.9 Å². The molecule has 4 rings (SSSR count). The molecule has 0 heterocycles. The molecular formula is C33H35N3O5S. The molecule has 0 fully saturated rings. The molecule has 0 saturated carbocycles. The lowest BCUT2D eigenvalue weighted by Gasteiger charge is -2.33. The van der Waals surface area contributed by atoms with Crippen LogP contribution in [-0.2, 0) is 32.6 Å². The molecule has 218 valence electrons. The second kappa shape index (κ2) is 13.8. The number of nitrogens with zero attached hydrogens (tertiary/aromatic N) is 2. The van der Waals surface area contributed by atoms with Gasteiger partial charge in [-0.2, -0.15) is 0 Å². The zero-order valence-corrected chi connectivity index (χ0v) is 24.8. The number of sulfonamides is 1. The molecule has 0 radical (unpaired) electrons. The number of hydrogen-bond donors (Lipinski definition) is 1. The summed E-state index contributed by atoms with van der Waals surface area (Å²) < 4.78 is 34.5. The van der Waals surface area contributed by atoms with E-state index in [0.717, 1.165) is 21.0 Å². The third-order valence-electron chi connectivity index (χ3n) is 6.94. The van der Waals surface area contributed by atoms with Crippen molar-refractivity contribution >= 4 is 27.5 Å². The van der Waals surface area contributed by atoms with Crippen molar-refractivity contribution in [3.05, 3.63) is 126 Å². The van der Waals surface area contributed by atoms with Gasteiger partial charge in [0.2, 0.25) is 11.8 Å². The Kier molecular flexibility index (Phi) is 9.98. The van der Waals surface area contributed by atoms with Crippen LogP contribution in [0.4, 0.5) is 5.69 Å². The lowest BCUT2D eigenvalue weighted by Crippen LogP contribution is -2.53. The van der Waals surface area contributed by atoms with E-state index in [2.05, 4.69) is 5.32 Å². The van der Waals surface area contributed by atoms with Crippen molar-refractivity contribution in [2.24, 2.45) is 0 Å². The van der Waals surface area contributed by atoms with Gasteiger partial charge in [-0.1, -0.05) is 84.4 Å². The van der Waals surface area contributed by atoms with Gasteiger partial charge in [-0.25, -0.2) is 8.42 Å². The second-order valence-corrected chi connectivity index (χ2v) is 11.7. The number of rotatable bonds is 12. The number of carbonyl (C=O) groups excluding carboxylic acids is 2. The number of methoxy groups -OCH3 is 1. The van der Waals surface area contributed by atoms with Gasteiger partial charge in [0.15, 0.2) is 0 Å². The molecule has 8 nitrogen and oxygen atoms in total. The quantitative estimate of drug-likeness (QED) is 0.263. The van der Waals surface area contributed by atoms with E-state index in [1.54, 1.807) is 36.4 Å². The van der Waals surface area contributed by atoms with Gasteiger partial charge in [0.05, 0.1) is 17.7 Å². The van der Waals surface area contributed by atoms with Crippen molar-refractivity contribution in [3.63, 3.8) is 0 Å². The molecule has 2 amide bonds. The number of hydrogen-bond acceptors (Lipinski definition) is 5. The third kappa shape index (κ3) is 7.36. The molecule has 0 saturated heterocycles. The summed E-state index contributed by atoms with van der Waals surface area (Å²) in [5, 5.41) is 2.69. The van der Waals surface area contributed by atoms with Crippen LogP contribution in [0.15, 0.2) is 114 Å². The molecule has 1 atom stereocenters. The smallest absolute Gasteiger partial charge is 0.264 e. The van der Waals surface area contributed by atoms with Crippen LogP contribution in [0.5, 0.6) is 5.75 Å². The predicted octanol–water partition coefficient (Wildman–Crippen LogP) is 4.59. The van der Waals surface area contributed by atoms with E-state index in [9.17, 15) is 18.0 Å². The molecule has 0 aliphatic rings. The van der Waals surface area contributed by atoms with Crippen LogP contribution in [0.2, 0.25) is 0 Å². The summed E-state index contributed by atoms with van der Waals surface area (Å²) in [5.74, 6) is -0.433. The van der Waals surface area contributed by atoms with Crippen LogP contribution in [0, 0.1) is 6.92 Å². The Morgan fingerprint density at radius 3 is 2.05 bits per heavy atom. The number of anilines is 1. The minimum absolute atomic E-state index is 0.0467. The zero-order valence-electron chi connectivity index (χ0n) is 23.9. The van der Waals surface area contributed by atoms with Crippen molar-refractivity contribution in [1.82, 2.24) is 10.2 Å². The Hall–Kier alpha value is -4.63. The van der Waals surface area contributed by atoms with E-state index in [0.29, 0.717) is 5.75 Å². The summed E-state index contributed by atoms with van der Waals surface area (Å²) in [4.78, 5) is 29.1. The summed E-state index contributed by atoms with van der Waals surface area (Å²) >= 11 is 0. The predicted molar refractivity (Wildman–Crippen MR) is 164 cm³/mol. The first kappa shape index (κ1) is 30.3. The molecule has 0 aromatic heterocycles. The fraction of sp³-hybridized carbons (Fsp3) is 0.212. The van der Waals surface area contributed by atoms with Crippen molar-refractivity contribution in [3.8, 4) is 5.75 Å². The van der Waals surface area contributed by atoms with Gasteiger partial charge in [0, 0.05) is 26.1 Å². The van der Waals surface area contributed by atoms with Gasteiger partial charge < -0.3 is 15.0 Å². The topological polar surface area (TPSA) is 96.0 Å². The monoisotopic (exact) mass is 585 g/mol. The summed E-state index contributed by atoms with van der Waals surface area (Å²) in [5.41, 5.74) is 2.85. The van der Waals surface area contributed by atoms with Crippen LogP contribution in [0.25, 0.3) is 0 Å². The fourth-order valence-corrected chi connectivity index (χ4v) is 6.04. The number of carbonyl (C=O) groups is 2. The second-order valence-electron chi connectivity index (χ2n) is 9.85. The maximum absolute atomic E-state index is 14.3. The van der Waals surface area contributed by atoms with E-state index < -0.39 is 28.5 Å². The standard InChI is InChI=1S/C33H35N3O5S/c1-25-17-19-30(20-18-25)42(39,40)36(28-15-10-16-29(22-28)41-3)24-32(37)35(23-27-13-8-5-9-14-27)31(33(38)34-2)21-26-11-6-4-7-12-26/h4-20,22,31H,21,23-24H2,1-3H3,(H,34,38)/t31-/m1/s1. The van der Waals surface area contributed by atoms with Gasteiger partial charge in [-0.15, -0.1) is 0 Å². The highest BCUT2D eigenvalue weighted by atomic mass is 32.2. The van der Waals surface area contributed by atoms with E-state index in [1.807, 2.05) is 67.6 Å². The van der Waals surface area contributed by atoms with Crippen molar-refractivity contribution in [2.75, 3.05) is 25.0 Å². The number of aryl methyl sites for hydroxylation is 1. The maximum atomic E-state index is 14.3. The SMILES string of the molecule is CNC(=O)[C@@H](Cc1ccccc1)N(Cc1ccccc1)C(=O)CN(c1cccc(OC)c1)S(=O)(=O)c1ccc(C)cc1. The Bertz CT molecular complexity index is 1590. The number of nitrogens with one attached hydrogen (secondary N) is 1. The Morgan fingerprint density at radius 1 is 0.833 bits per heavy atom. The average molecular weight is 586 g/mol. The van der Waals surface area contributed by atoms with Crippen LogP contribution in [0.1, 0.15) is 16.7 Å². The Morgan fingerprint density at radius 2 is 1.45 bits per heavy atom. The largest absolute Gasteiger partial charge is 0.497 e. The van der Waals surface area contributed by atoms with Gasteiger partial charge in [-0.05, 0) is 42.3 Å². The van der Waals surface area contributed by atoms with Gasteiger partial charge >= 0.3 is 0 Å². The summed E-state index contributed by atoms with van der Waals surface area (Å²) in [6.45, 7) is 1.45. The maximum Gasteiger partial charge on any atom is 0.264 e. The molecule has 0 aliphatic heterocycles. The van der Waals surface area contributed by atoms with Gasteiger partial charge in [0.25, 0.3) is 10.0 Å². The highest BCUT2D eigenvalue weighted by molar-refractivity contribution is 7.92. The number of amides is 2. The molecule has 4 aromatic carbocycles. The van der Waals surface area contributed by atoms with Crippen LogP contribution < -0.4 is 14.4 Å². The summed E-state index contributed by atoms with van der Waals surface area (Å²) in [7, 11) is -1.17. The fourth-order valence-electron chi connectivity index (χ4n) is 4.63. The first-order valence-electron chi connectivity index (χ1n) is 13.6. The highest BCUT2D eigenvalue weighted by Gasteiger charge is 2.34. The molecule has 42 heavy (non-hydrogen) atoms. The van der Waals surface area contributed by atoms with Crippen LogP contribution in [0.3, 0.4) is 0 Å². The van der Waals surface area contributed by atoms with Crippen molar-refractivity contribution in [1.29, 1.82) is 0 Å². The van der Waals surface area contributed by atoms with E-state index >= 15 is 0 Å². The van der Waals surface area contributed by atoms with Gasteiger partial charge in [0.1, 0.15) is 18.3 Å². The number of likely N-dealkylation sites (N-methyl/N-ethyl adjacent to an activating group) is 1. The molecule has 4 aromatic rings. The normalized spacial score (nSPS) is 11.8. The van der Waals surface area contributed by atoms with Crippen LogP contribution >= 0.6 is 0 Å². The third-order valence-corrected chi connectivity index (χ3v) is 8.73. The average Bonchev–Trinajstić information content (AvgIpc) is 3.02. The highest BCUT2D eigenvalue weighted by Crippen LogP contribution is 2.28. The molecule has 0 spiro atoms. The number of ether oxygens (including phenoxy) is 1. The van der Waals surface area contributed by atoms with E-state index in [-0.39, 0.29) is 29.5 Å². The van der Waals surface area contributed by atoms with E-state index in [4.69, 9.17) is 4.74 Å². The first-order chi connectivity index (χ1) is 20.2. The lowest BCUT2D eigenvalue weighted by molar-refractivity contribution is -0.139. The van der Waals surface area contributed by atoms with Crippen LogP contribution in [-0.4, -0.2) is 51.9 Å². The summed E-state index contributed by atoms with van der Waals surface area (Å²) in [6.07, 6.45) is 0.253. The zero-order chi connectivity index (χ0) is 30.1. The summed E-state index contributed by atoms with van der Waals surface area (Å²) in [6, 6.07) is 30.9. The molecule has 0 bridgehead atoms. The molecule has 9 heteroatoms. The minimum Gasteiger partial charge on any atom is -0.497 e. The Balaban J connectivity index is 1.79. The van der Waals surface area contributed by atoms with Crippen molar-refractivity contribution < 1.29 is 22.7 Å². The molecule has 0 aliphatic carbocycles. The lowest BCUT2D eigenvalue weighted by atomic mass is 10.0. The molecule has 0 unspecified atom stereocenters. The Labute approximate surface area is 247 Å². The molecular weight excluding hydrogens is 550 g/mol. The number of benzene rings is 4. The minimum atomic E-state index is -4.18. The first-order valence-corrected chi connectivity index (χ1v) is 15.0.